The van der Waals surface area contributed by atoms with Gasteiger partial charge in [0, 0.05) is 19.0 Å². The summed E-state index contributed by atoms with van der Waals surface area (Å²) in [6.45, 7) is 7.86. The van der Waals surface area contributed by atoms with Crippen molar-refractivity contribution in [2.24, 2.45) is 23.2 Å². The molecule has 4 heteroatoms. The summed E-state index contributed by atoms with van der Waals surface area (Å²) in [5.41, 5.74) is 3.66. The van der Waals surface area contributed by atoms with Gasteiger partial charge < -0.3 is 0 Å². The second-order valence-electron chi connectivity index (χ2n) is 9.13. The zero-order valence-electron chi connectivity index (χ0n) is 16.2. The first-order chi connectivity index (χ1) is 12.5. The third-order valence-corrected chi connectivity index (χ3v) is 8.02. The molecule has 4 bridgehead atoms. The van der Waals surface area contributed by atoms with Crippen LogP contribution in [0.25, 0.3) is 5.57 Å². The van der Waals surface area contributed by atoms with E-state index in [1.807, 2.05) is 12.5 Å². The van der Waals surface area contributed by atoms with Crippen LogP contribution in [0.4, 0.5) is 0 Å². The summed E-state index contributed by atoms with van der Waals surface area (Å²) in [7, 11) is -0.957. The second-order valence-corrected chi connectivity index (χ2v) is 10.5. The normalized spacial score (nSPS) is 33.6. The van der Waals surface area contributed by atoms with Crippen LogP contribution in [-0.2, 0) is 17.5 Å². The molecule has 1 aromatic heterocycles. The molecule has 0 N–H and O–H groups in total. The SMILES string of the molecule is C=C(CC)c1ccc(CN(CC23CC4CC(CC(C4)C2)C3)S(C)=O)nc1. The first-order valence-corrected chi connectivity index (χ1v) is 11.7. The van der Waals surface area contributed by atoms with E-state index in [9.17, 15) is 4.21 Å². The smallest absolute Gasteiger partial charge is 0.0914 e. The van der Waals surface area contributed by atoms with Crippen molar-refractivity contribution in [3.8, 4) is 0 Å². The lowest BCUT2D eigenvalue weighted by atomic mass is 9.49. The summed E-state index contributed by atoms with van der Waals surface area (Å²) in [6.07, 6.45) is 13.1. The zero-order valence-corrected chi connectivity index (χ0v) is 17.1. The summed E-state index contributed by atoms with van der Waals surface area (Å²) in [4.78, 5) is 4.63. The quantitative estimate of drug-likeness (QED) is 0.688. The number of aromatic nitrogens is 1. The average Bonchev–Trinajstić information content (AvgIpc) is 2.59. The fourth-order valence-electron chi connectivity index (χ4n) is 6.21. The van der Waals surface area contributed by atoms with Gasteiger partial charge in [-0.2, -0.15) is 0 Å². The highest BCUT2D eigenvalue weighted by molar-refractivity contribution is 7.81. The molecule has 3 nitrogen and oxygen atoms in total. The Morgan fingerprint density at radius 2 is 1.85 bits per heavy atom. The molecule has 0 spiro atoms. The molecule has 1 heterocycles. The fourth-order valence-corrected chi connectivity index (χ4v) is 6.98. The summed E-state index contributed by atoms with van der Waals surface area (Å²) >= 11 is 0. The zero-order chi connectivity index (χ0) is 18.3. The lowest BCUT2D eigenvalue weighted by molar-refractivity contribution is -0.0603. The molecule has 1 unspecified atom stereocenters. The van der Waals surface area contributed by atoms with Crippen molar-refractivity contribution in [3.63, 3.8) is 0 Å². The van der Waals surface area contributed by atoms with E-state index < -0.39 is 11.0 Å². The van der Waals surface area contributed by atoms with Gasteiger partial charge in [-0.15, -0.1) is 0 Å². The van der Waals surface area contributed by atoms with Gasteiger partial charge in [0.15, 0.2) is 0 Å². The summed E-state index contributed by atoms with van der Waals surface area (Å²) in [5.74, 6) is 2.81. The Balaban J connectivity index is 1.47. The molecular weight excluding hydrogens is 340 g/mol. The van der Waals surface area contributed by atoms with Gasteiger partial charge in [0.1, 0.15) is 0 Å². The minimum atomic E-state index is -0.957. The van der Waals surface area contributed by atoms with E-state index in [4.69, 9.17) is 0 Å². The average molecular weight is 373 g/mol. The van der Waals surface area contributed by atoms with Crippen molar-refractivity contribution in [1.29, 1.82) is 0 Å². The largest absolute Gasteiger partial charge is 0.259 e. The molecule has 0 amide bonds. The van der Waals surface area contributed by atoms with E-state index in [0.29, 0.717) is 12.0 Å². The van der Waals surface area contributed by atoms with Crippen LogP contribution in [0, 0.1) is 23.2 Å². The van der Waals surface area contributed by atoms with Crippen LogP contribution in [0.2, 0.25) is 0 Å². The Morgan fingerprint density at radius 1 is 1.23 bits per heavy atom. The number of allylic oxidation sites excluding steroid dienone is 1. The molecule has 1 atom stereocenters. The number of rotatable bonds is 7. The first kappa shape index (κ1) is 18.4. The molecule has 4 saturated carbocycles. The van der Waals surface area contributed by atoms with E-state index >= 15 is 0 Å². The topological polar surface area (TPSA) is 33.2 Å². The number of hydrogen-bond donors (Lipinski definition) is 0. The van der Waals surface area contributed by atoms with Gasteiger partial charge in [-0.1, -0.05) is 19.6 Å². The van der Waals surface area contributed by atoms with Crippen molar-refractivity contribution >= 4 is 16.6 Å². The van der Waals surface area contributed by atoms with Crippen molar-refractivity contribution in [2.75, 3.05) is 12.8 Å². The van der Waals surface area contributed by atoms with Gasteiger partial charge in [-0.25, -0.2) is 8.51 Å². The van der Waals surface area contributed by atoms with Crippen LogP contribution in [0.5, 0.6) is 0 Å². The van der Waals surface area contributed by atoms with E-state index in [1.165, 1.54) is 38.5 Å². The predicted molar refractivity (Wildman–Crippen MR) is 109 cm³/mol. The van der Waals surface area contributed by atoms with Gasteiger partial charge >= 0.3 is 0 Å². The summed E-state index contributed by atoms with van der Waals surface area (Å²) in [5, 5.41) is 0. The predicted octanol–water partition coefficient (Wildman–Crippen LogP) is 4.82. The monoisotopic (exact) mass is 372 g/mol. The van der Waals surface area contributed by atoms with E-state index in [-0.39, 0.29) is 0 Å². The Kier molecular flexibility index (Phi) is 5.08. The third kappa shape index (κ3) is 3.68. The molecular formula is C22H32N2OS. The second kappa shape index (κ2) is 7.20. The Morgan fingerprint density at radius 3 is 2.31 bits per heavy atom. The summed E-state index contributed by atoms with van der Waals surface area (Å²) < 4.78 is 14.7. The maximum Gasteiger partial charge on any atom is 0.0914 e. The molecule has 5 rings (SSSR count). The maximum absolute atomic E-state index is 12.5. The number of hydrogen-bond acceptors (Lipinski definition) is 2. The molecule has 0 radical (unpaired) electrons. The van der Waals surface area contributed by atoms with Gasteiger partial charge in [0.2, 0.25) is 0 Å². The van der Waals surface area contributed by atoms with Crippen molar-refractivity contribution in [2.45, 2.75) is 58.4 Å². The molecule has 142 valence electrons. The molecule has 4 aliphatic rings. The molecule has 0 saturated heterocycles. The molecule has 26 heavy (non-hydrogen) atoms. The van der Waals surface area contributed by atoms with E-state index in [1.54, 1.807) is 0 Å². The Bertz CT molecular complexity index is 661. The maximum atomic E-state index is 12.5. The van der Waals surface area contributed by atoms with Crippen molar-refractivity contribution in [3.05, 3.63) is 36.2 Å². The van der Waals surface area contributed by atoms with Crippen LogP contribution >= 0.6 is 0 Å². The first-order valence-electron chi connectivity index (χ1n) is 10.2. The highest BCUT2D eigenvalue weighted by atomic mass is 32.2. The van der Waals surface area contributed by atoms with Gasteiger partial charge in [-0.05, 0) is 85.3 Å². The molecule has 0 aromatic carbocycles. The number of pyridine rings is 1. The van der Waals surface area contributed by atoms with Crippen LogP contribution in [-0.4, -0.2) is 26.3 Å². The molecule has 4 aliphatic carbocycles. The minimum absolute atomic E-state index is 0.414. The minimum Gasteiger partial charge on any atom is -0.259 e. The number of nitrogens with zero attached hydrogens (tertiary/aromatic N) is 2. The molecule has 4 fully saturated rings. The van der Waals surface area contributed by atoms with Crippen molar-refractivity contribution in [1.82, 2.24) is 9.29 Å². The van der Waals surface area contributed by atoms with Crippen LogP contribution in [0.1, 0.15) is 63.1 Å². The van der Waals surface area contributed by atoms with Crippen LogP contribution in [0.3, 0.4) is 0 Å². The van der Waals surface area contributed by atoms with Gasteiger partial charge in [-0.3, -0.25) is 4.98 Å². The van der Waals surface area contributed by atoms with E-state index in [0.717, 1.165) is 47.5 Å². The third-order valence-electron chi connectivity index (χ3n) is 7.04. The Labute approximate surface area is 160 Å². The Hall–Kier alpha value is -1.00. The molecule has 0 aliphatic heterocycles. The standard InChI is InChI=1S/C22H32N2OS/c1-4-16(2)20-5-6-21(23-13-20)14-24(26(3)25)15-22-10-17-7-18(11-22)9-19(8-17)12-22/h5-6,13,17-19H,2,4,7-12,14-15H2,1,3H3. The lowest BCUT2D eigenvalue weighted by Crippen LogP contribution is -2.51. The highest BCUT2D eigenvalue weighted by Crippen LogP contribution is 2.60. The van der Waals surface area contributed by atoms with Crippen molar-refractivity contribution < 1.29 is 4.21 Å². The molecule has 1 aromatic rings. The summed E-state index contributed by atoms with van der Waals surface area (Å²) in [6, 6.07) is 4.19. The van der Waals surface area contributed by atoms with Crippen LogP contribution < -0.4 is 0 Å². The lowest BCUT2D eigenvalue weighted by Gasteiger charge is -2.57. The van der Waals surface area contributed by atoms with Crippen LogP contribution in [0.15, 0.2) is 24.9 Å². The fraction of sp³-hybridized carbons (Fsp3) is 0.682. The van der Waals surface area contributed by atoms with E-state index in [2.05, 4.69) is 34.9 Å². The van der Waals surface area contributed by atoms with Gasteiger partial charge in [0.05, 0.1) is 23.2 Å². The van der Waals surface area contributed by atoms with Gasteiger partial charge in [0.25, 0.3) is 0 Å². The highest BCUT2D eigenvalue weighted by Gasteiger charge is 2.51.